The third-order valence-corrected chi connectivity index (χ3v) is 2.99. The normalized spacial score (nSPS) is 10.1. The van der Waals surface area contributed by atoms with Gasteiger partial charge in [0.15, 0.2) is 0 Å². The summed E-state index contributed by atoms with van der Waals surface area (Å²) in [5.41, 5.74) is 2.87. The van der Waals surface area contributed by atoms with Gasteiger partial charge in [0.2, 0.25) is 0 Å². The molecule has 0 atom stereocenters. The minimum absolute atomic E-state index is 1.04. The minimum Gasteiger partial charge on any atom is -0.0609 e. The highest BCUT2D eigenvalue weighted by atomic mass is 127. The lowest BCUT2D eigenvalue weighted by Gasteiger charge is -2.05. The molecule has 0 spiro atoms. The summed E-state index contributed by atoms with van der Waals surface area (Å²) in [5.74, 6) is 0. The maximum atomic E-state index is 3.50. The first-order valence-electron chi connectivity index (χ1n) is 3.64. The fraction of sp³-hybridized carbons (Fsp3) is 0.333. The van der Waals surface area contributed by atoms with Crippen molar-refractivity contribution in [1.82, 2.24) is 0 Å². The van der Waals surface area contributed by atoms with Crippen LogP contribution in [-0.4, -0.2) is 10.2 Å². The van der Waals surface area contributed by atoms with Gasteiger partial charge in [-0.15, -0.1) is 0 Å². The smallest absolute Gasteiger partial charge is 0.0225 e. The van der Waals surface area contributed by atoms with Crippen molar-refractivity contribution >= 4 is 32.8 Å². The minimum atomic E-state index is 1.04. The van der Waals surface area contributed by atoms with Gasteiger partial charge in [0.1, 0.15) is 0 Å². The molecule has 0 nitrogen and oxygen atoms in total. The van der Waals surface area contributed by atoms with Gasteiger partial charge in [-0.2, -0.15) is 0 Å². The fourth-order valence-corrected chi connectivity index (χ4v) is 2.26. The molecule has 0 aliphatic rings. The molecule has 0 aliphatic carbocycles. The van der Waals surface area contributed by atoms with E-state index in [2.05, 4.69) is 58.0 Å². The zero-order valence-corrected chi connectivity index (χ0v) is 9.68. The standard InChI is InChI=1S/C9H10ISi/c1-7-3-2-4-9(10)8(7)5-6-11/h2-4H,5-6H2,1H3. The Morgan fingerprint density at radius 3 is 2.73 bits per heavy atom. The number of rotatable bonds is 2. The van der Waals surface area contributed by atoms with Crippen LogP contribution in [0.15, 0.2) is 18.2 Å². The summed E-state index contributed by atoms with van der Waals surface area (Å²) in [4.78, 5) is 0. The van der Waals surface area contributed by atoms with Crippen molar-refractivity contribution < 1.29 is 0 Å². The lowest BCUT2D eigenvalue weighted by atomic mass is 10.1. The number of benzene rings is 1. The molecule has 2 heteroatoms. The van der Waals surface area contributed by atoms with E-state index < -0.39 is 0 Å². The lowest BCUT2D eigenvalue weighted by molar-refractivity contribution is 1.09. The van der Waals surface area contributed by atoms with Crippen LogP contribution in [0.5, 0.6) is 0 Å². The fourth-order valence-electron chi connectivity index (χ4n) is 1.11. The van der Waals surface area contributed by atoms with Gasteiger partial charge in [-0.25, -0.2) is 0 Å². The molecule has 1 rings (SSSR count). The van der Waals surface area contributed by atoms with Crippen molar-refractivity contribution in [3.63, 3.8) is 0 Å². The molecule has 1 aromatic carbocycles. The molecule has 11 heavy (non-hydrogen) atoms. The highest BCUT2D eigenvalue weighted by molar-refractivity contribution is 14.1. The molecule has 0 bridgehead atoms. The molecule has 0 aliphatic heterocycles. The van der Waals surface area contributed by atoms with Crippen LogP contribution in [0.25, 0.3) is 0 Å². The van der Waals surface area contributed by atoms with Crippen molar-refractivity contribution in [2.24, 2.45) is 0 Å². The van der Waals surface area contributed by atoms with Gasteiger partial charge in [0, 0.05) is 13.8 Å². The molecule has 57 valence electrons. The summed E-state index contributed by atoms with van der Waals surface area (Å²) in [7, 11) is 3.50. The third-order valence-electron chi connectivity index (χ3n) is 1.73. The van der Waals surface area contributed by atoms with E-state index in [9.17, 15) is 0 Å². The topological polar surface area (TPSA) is 0 Å². The average Bonchev–Trinajstić information content (AvgIpc) is 1.97. The van der Waals surface area contributed by atoms with Crippen LogP contribution in [0.4, 0.5) is 0 Å². The Balaban J connectivity index is 3.00. The van der Waals surface area contributed by atoms with Gasteiger partial charge >= 0.3 is 0 Å². The molecular formula is C9H10ISi. The molecule has 0 aromatic heterocycles. The number of halogens is 1. The molecule has 1 aromatic rings. The molecule has 0 saturated carbocycles. The van der Waals surface area contributed by atoms with Gasteiger partial charge in [-0.05, 0) is 53.1 Å². The Bertz CT molecular complexity index is 225. The number of hydrogen-bond donors (Lipinski definition) is 0. The highest BCUT2D eigenvalue weighted by Crippen LogP contribution is 2.17. The molecular weight excluding hydrogens is 263 g/mol. The predicted octanol–water partition coefficient (Wildman–Crippen LogP) is 2.73. The van der Waals surface area contributed by atoms with E-state index in [1.807, 2.05) is 0 Å². The Hall–Kier alpha value is 0.167. The summed E-state index contributed by atoms with van der Waals surface area (Å²) in [6, 6.07) is 7.47. The monoisotopic (exact) mass is 273 g/mol. The quantitative estimate of drug-likeness (QED) is 0.574. The lowest BCUT2D eigenvalue weighted by Crippen LogP contribution is -1.92. The summed E-state index contributed by atoms with van der Waals surface area (Å²) in [6.45, 7) is 2.17. The van der Waals surface area contributed by atoms with Crippen molar-refractivity contribution in [3.05, 3.63) is 32.9 Å². The van der Waals surface area contributed by atoms with Gasteiger partial charge in [-0.3, -0.25) is 0 Å². The zero-order chi connectivity index (χ0) is 8.27. The number of hydrogen-bond acceptors (Lipinski definition) is 0. The van der Waals surface area contributed by atoms with Crippen LogP contribution >= 0.6 is 22.6 Å². The first-order valence-corrected chi connectivity index (χ1v) is 5.43. The van der Waals surface area contributed by atoms with Crippen molar-refractivity contribution in [2.45, 2.75) is 19.4 Å². The molecule has 0 heterocycles. The molecule has 0 unspecified atom stereocenters. The Kier molecular flexibility index (Phi) is 3.58. The van der Waals surface area contributed by atoms with Crippen LogP contribution < -0.4 is 0 Å². The Morgan fingerprint density at radius 2 is 2.18 bits per heavy atom. The van der Waals surface area contributed by atoms with Crippen molar-refractivity contribution in [2.75, 3.05) is 0 Å². The largest absolute Gasteiger partial charge is 0.0609 e. The number of aryl methyl sites for hydroxylation is 1. The van der Waals surface area contributed by atoms with Gasteiger partial charge in [-0.1, -0.05) is 18.2 Å². The maximum absolute atomic E-state index is 3.50. The third kappa shape index (κ3) is 2.30. The first-order chi connectivity index (χ1) is 5.25. The molecule has 0 fully saturated rings. The first kappa shape index (κ1) is 9.26. The van der Waals surface area contributed by atoms with E-state index in [0.29, 0.717) is 0 Å². The molecule has 3 radical (unpaired) electrons. The molecule has 0 amide bonds. The zero-order valence-electron chi connectivity index (χ0n) is 6.52. The Morgan fingerprint density at radius 1 is 1.45 bits per heavy atom. The van der Waals surface area contributed by atoms with E-state index in [0.717, 1.165) is 12.5 Å². The summed E-state index contributed by atoms with van der Waals surface area (Å²) >= 11 is 2.39. The van der Waals surface area contributed by atoms with Crippen LogP contribution in [0, 0.1) is 10.5 Å². The average molecular weight is 273 g/mol. The Labute approximate surface area is 85.0 Å². The van der Waals surface area contributed by atoms with Crippen LogP contribution in [0.1, 0.15) is 11.1 Å². The van der Waals surface area contributed by atoms with Crippen molar-refractivity contribution in [3.8, 4) is 0 Å². The van der Waals surface area contributed by atoms with E-state index in [-0.39, 0.29) is 0 Å². The maximum Gasteiger partial charge on any atom is 0.0225 e. The van der Waals surface area contributed by atoms with E-state index in [1.54, 1.807) is 0 Å². The van der Waals surface area contributed by atoms with Crippen LogP contribution in [0.2, 0.25) is 6.04 Å². The van der Waals surface area contributed by atoms with Crippen LogP contribution in [0.3, 0.4) is 0 Å². The highest BCUT2D eigenvalue weighted by Gasteiger charge is 2.00. The summed E-state index contributed by atoms with van der Waals surface area (Å²) in [5, 5.41) is 0. The second-order valence-electron chi connectivity index (χ2n) is 2.54. The summed E-state index contributed by atoms with van der Waals surface area (Å²) in [6.07, 6.45) is 1.13. The van der Waals surface area contributed by atoms with Crippen LogP contribution in [-0.2, 0) is 6.42 Å². The van der Waals surface area contributed by atoms with E-state index in [1.165, 1.54) is 14.7 Å². The molecule has 0 N–H and O–H groups in total. The van der Waals surface area contributed by atoms with E-state index in [4.69, 9.17) is 0 Å². The van der Waals surface area contributed by atoms with Gasteiger partial charge in [0.25, 0.3) is 0 Å². The molecule has 0 saturated heterocycles. The summed E-state index contributed by atoms with van der Waals surface area (Å²) < 4.78 is 1.38. The second kappa shape index (κ2) is 4.26. The van der Waals surface area contributed by atoms with Gasteiger partial charge in [0.05, 0.1) is 0 Å². The van der Waals surface area contributed by atoms with Crippen molar-refractivity contribution in [1.29, 1.82) is 0 Å². The van der Waals surface area contributed by atoms with E-state index >= 15 is 0 Å². The second-order valence-corrected chi connectivity index (χ2v) is 4.20. The van der Waals surface area contributed by atoms with Gasteiger partial charge < -0.3 is 0 Å². The SMILES string of the molecule is Cc1cccc(I)c1CC[Si]. The predicted molar refractivity (Wildman–Crippen MR) is 58.2 cm³/mol.